The van der Waals surface area contributed by atoms with Gasteiger partial charge >= 0.3 is 5.97 Å². The van der Waals surface area contributed by atoms with Gasteiger partial charge in [-0.3, -0.25) is 9.78 Å². The SMILES string of the molecule is Cc1cccc(C)c1Oc1cc2c(=O)[nH]c(-n3cc(C(=O)O)cn3)nc2cc1F. The number of para-hydroxylation sites is 1. The molecule has 0 aliphatic heterocycles. The topological polar surface area (TPSA) is 110 Å². The van der Waals surface area contributed by atoms with Crippen LogP contribution in [0.25, 0.3) is 16.9 Å². The van der Waals surface area contributed by atoms with Gasteiger partial charge in [-0.15, -0.1) is 0 Å². The highest BCUT2D eigenvalue weighted by Gasteiger charge is 2.15. The number of fused-ring (bicyclic) bond motifs is 1. The molecule has 2 N–H and O–H groups in total. The Kier molecular flexibility index (Phi) is 4.34. The van der Waals surface area contributed by atoms with Gasteiger partial charge in [0.2, 0.25) is 5.95 Å². The number of hydrogen-bond acceptors (Lipinski definition) is 5. The standard InChI is InChI=1S/C20H15FN4O4/c1-10-4-3-5-11(2)17(10)29-16-6-13-15(7-14(16)21)23-20(24-18(13)26)25-9-12(8-22-25)19(27)28/h3-9H,1-2H3,(H,27,28)(H,23,24,26). The highest BCUT2D eigenvalue weighted by Crippen LogP contribution is 2.31. The van der Waals surface area contributed by atoms with Crippen LogP contribution in [-0.4, -0.2) is 30.8 Å². The van der Waals surface area contributed by atoms with E-state index < -0.39 is 17.3 Å². The van der Waals surface area contributed by atoms with E-state index in [1.807, 2.05) is 32.0 Å². The Morgan fingerprint density at radius 1 is 1.24 bits per heavy atom. The number of H-pyrrole nitrogens is 1. The zero-order valence-corrected chi connectivity index (χ0v) is 15.4. The van der Waals surface area contributed by atoms with Gasteiger partial charge in [0.1, 0.15) is 5.75 Å². The minimum atomic E-state index is -1.17. The molecule has 29 heavy (non-hydrogen) atoms. The first-order chi connectivity index (χ1) is 13.8. The fourth-order valence-corrected chi connectivity index (χ4v) is 2.93. The molecule has 0 aliphatic carbocycles. The van der Waals surface area contributed by atoms with Crippen molar-refractivity contribution in [3.63, 3.8) is 0 Å². The number of aryl methyl sites for hydroxylation is 2. The van der Waals surface area contributed by atoms with Gasteiger partial charge < -0.3 is 9.84 Å². The number of ether oxygens (including phenoxy) is 1. The Morgan fingerprint density at radius 3 is 2.62 bits per heavy atom. The third kappa shape index (κ3) is 3.33. The maximum Gasteiger partial charge on any atom is 0.338 e. The summed E-state index contributed by atoms with van der Waals surface area (Å²) in [5, 5.41) is 13.0. The molecule has 0 radical (unpaired) electrons. The molecule has 2 aromatic carbocycles. The van der Waals surface area contributed by atoms with Crippen molar-refractivity contribution in [2.45, 2.75) is 13.8 Å². The van der Waals surface area contributed by atoms with Gasteiger partial charge in [-0.2, -0.15) is 5.10 Å². The second-order valence-electron chi connectivity index (χ2n) is 6.49. The van der Waals surface area contributed by atoms with Crippen LogP contribution in [0.15, 0.2) is 47.5 Å². The van der Waals surface area contributed by atoms with E-state index in [2.05, 4.69) is 15.1 Å². The fourth-order valence-electron chi connectivity index (χ4n) is 2.93. The number of rotatable bonds is 4. The number of carboxylic acid groups (broad SMARTS) is 1. The van der Waals surface area contributed by atoms with Crippen molar-refractivity contribution in [1.82, 2.24) is 19.7 Å². The van der Waals surface area contributed by atoms with Crippen LogP contribution in [-0.2, 0) is 0 Å². The Balaban J connectivity index is 1.79. The fraction of sp³-hybridized carbons (Fsp3) is 0.100. The Bertz CT molecular complexity index is 1310. The monoisotopic (exact) mass is 394 g/mol. The number of halogens is 1. The third-order valence-electron chi connectivity index (χ3n) is 4.41. The third-order valence-corrected chi connectivity index (χ3v) is 4.41. The van der Waals surface area contributed by atoms with Gasteiger partial charge in [-0.05, 0) is 31.0 Å². The number of aromatic carboxylic acids is 1. The van der Waals surface area contributed by atoms with Crippen LogP contribution in [0.4, 0.5) is 4.39 Å². The zero-order valence-electron chi connectivity index (χ0n) is 15.4. The van der Waals surface area contributed by atoms with Crippen LogP contribution in [0, 0.1) is 19.7 Å². The van der Waals surface area contributed by atoms with E-state index in [4.69, 9.17) is 9.84 Å². The van der Waals surface area contributed by atoms with Gasteiger partial charge in [0.05, 0.1) is 22.7 Å². The molecule has 0 amide bonds. The first kappa shape index (κ1) is 18.4. The normalized spacial score (nSPS) is 11.0. The van der Waals surface area contributed by atoms with E-state index in [-0.39, 0.29) is 28.2 Å². The molecule has 0 bridgehead atoms. The molecule has 0 atom stereocenters. The van der Waals surface area contributed by atoms with Crippen LogP contribution in [0.1, 0.15) is 21.5 Å². The largest absolute Gasteiger partial charge is 0.478 e. The summed E-state index contributed by atoms with van der Waals surface area (Å²) in [6.45, 7) is 3.69. The summed E-state index contributed by atoms with van der Waals surface area (Å²) in [4.78, 5) is 30.2. The lowest BCUT2D eigenvalue weighted by atomic mass is 10.1. The molecule has 4 aromatic rings. The number of benzene rings is 2. The van der Waals surface area contributed by atoms with Crippen molar-refractivity contribution in [2.75, 3.05) is 0 Å². The maximum atomic E-state index is 14.7. The lowest BCUT2D eigenvalue weighted by Gasteiger charge is -2.13. The minimum absolute atomic E-state index is 0.0298. The van der Waals surface area contributed by atoms with Crippen LogP contribution in [0.3, 0.4) is 0 Å². The summed E-state index contributed by atoms with van der Waals surface area (Å²) in [7, 11) is 0. The van der Waals surface area contributed by atoms with Crippen LogP contribution >= 0.6 is 0 Å². The highest BCUT2D eigenvalue weighted by molar-refractivity contribution is 5.87. The van der Waals surface area contributed by atoms with E-state index in [1.54, 1.807) is 0 Å². The first-order valence-electron chi connectivity index (χ1n) is 8.59. The highest BCUT2D eigenvalue weighted by atomic mass is 19.1. The minimum Gasteiger partial charge on any atom is -0.478 e. The summed E-state index contributed by atoms with van der Waals surface area (Å²) >= 11 is 0. The average Bonchev–Trinajstić information content (AvgIpc) is 3.16. The quantitative estimate of drug-likeness (QED) is 0.549. The van der Waals surface area contributed by atoms with E-state index in [9.17, 15) is 14.0 Å². The number of aromatic amines is 1. The molecule has 2 aromatic heterocycles. The first-order valence-corrected chi connectivity index (χ1v) is 8.59. The van der Waals surface area contributed by atoms with Crippen molar-refractivity contribution < 1.29 is 19.0 Å². The summed E-state index contributed by atoms with van der Waals surface area (Å²) in [5.74, 6) is -1.46. The number of nitrogens with zero attached hydrogens (tertiary/aromatic N) is 3. The van der Waals surface area contributed by atoms with Gasteiger partial charge in [0.15, 0.2) is 11.6 Å². The Hall–Kier alpha value is -4.01. The summed E-state index contributed by atoms with van der Waals surface area (Å²) in [5.41, 5.74) is 1.14. The molecule has 2 heterocycles. The van der Waals surface area contributed by atoms with Gasteiger partial charge in [-0.25, -0.2) is 18.9 Å². The summed E-state index contributed by atoms with van der Waals surface area (Å²) in [6.07, 6.45) is 2.32. The predicted octanol–water partition coefficient (Wildman–Crippen LogP) is 3.36. The molecule has 146 valence electrons. The second kappa shape index (κ2) is 6.86. The molecule has 0 spiro atoms. The maximum absolute atomic E-state index is 14.7. The van der Waals surface area contributed by atoms with Gasteiger partial charge in [0, 0.05) is 12.3 Å². The van der Waals surface area contributed by atoms with Crippen molar-refractivity contribution >= 4 is 16.9 Å². The van der Waals surface area contributed by atoms with Crippen molar-refractivity contribution in [2.24, 2.45) is 0 Å². The predicted molar refractivity (Wildman–Crippen MR) is 102 cm³/mol. The molecule has 0 aliphatic rings. The lowest BCUT2D eigenvalue weighted by Crippen LogP contribution is -2.14. The number of nitrogens with one attached hydrogen (secondary N) is 1. The average molecular weight is 394 g/mol. The molecule has 0 saturated carbocycles. The van der Waals surface area contributed by atoms with E-state index in [0.717, 1.165) is 28.1 Å². The molecule has 0 unspecified atom stereocenters. The molecule has 4 rings (SSSR count). The lowest BCUT2D eigenvalue weighted by molar-refractivity contribution is 0.0697. The number of hydrogen-bond donors (Lipinski definition) is 2. The number of carbonyl (C=O) groups is 1. The van der Waals surface area contributed by atoms with Crippen molar-refractivity contribution in [3.05, 3.63) is 75.6 Å². The molecular weight excluding hydrogens is 379 g/mol. The van der Waals surface area contributed by atoms with Gasteiger partial charge in [0.25, 0.3) is 5.56 Å². The number of carboxylic acids is 1. The second-order valence-corrected chi connectivity index (χ2v) is 6.49. The summed E-state index contributed by atoms with van der Waals surface area (Å²) in [6, 6.07) is 7.95. The van der Waals surface area contributed by atoms with Crippen LogP contribution < -0.4 is 10.3 Å². The smallest absolute Gasteiger partial charge is 0.338 e. The van der Waals surface area contributed by atoms with E-state index in [1.165, 1.54) is 12.3 Å². The summed E-state index contributed by atoms with van der Waals surface area (Å²) < 4.78 is 21.5. The molecule has 0 saturated heterocycles. The van der Waals surface area contributed by atoms with E-state index >= 15 is 0 Å². The van der Waals surface area contributed by atoms with Gasteiger partial charge in [-0.1, -0.05) is 18.2 Å². The molecule has 8 nitrogen and oxygen atoms in total. The molecule has 0 fully saturated rings. The molecule has 9 heteroatoms. The van der Waals surface area contributed by atoms with Crippen molar-refractivity contribution in [1.29, 1.82) is 0 Å². The number of aromatic nitrogens is 4. The van der Waals surface area contributed by atoms with Crippen molar-refractivity contribution in [3.8, 4) is 17.4 Å². The Morgan fingerprint density at radius 2 is 1.97 bits per heavy atom. The Labute approximate surface area is 163 Å². The van der Waals surface area contributed by atoms with Crippen LogP contribution in [0.2, 0.25) is 0 Å². The van der Waals surface area contributed by atoms with E-state index in [0.29, 0.717) is 5.75 Å². The van der Waals surface area contributed by atoms with Crippen LogP contribution in [0.5, 0.6) is 11.5 Å². The zero-order chi connectivity index (χ0) is 20.7. The molecular formula is C20H15FN4O4.